The van der Waals surface area contributed by atoms with E-state index in [4.69, 9.17) is 17.3 Å². The Morgan fingerprint density at radius 1 is 1.37 bits per heavy atom. The number of hydrogen-bond acceptors (Lipinski definition) is 3. The van der Waals surface area contributed by atoms with Crippen molar-refractivity contribution in [2.75, 3.05) is 33.2 Å². The predicted octanol–water partition coefficient (Wildman–Crippen LogP) is 2.37. The van der Waals surface area contributed by atoms with Crippen molar-refractivity contribution in [1.82, 2.24) is 9.80 Å². The maximum absolute atomic E-state index is 6.32. The molecule has 0 aliphatic carbocycles. The number of benzene rings is 1. The Hall–Kier alpha value is -0.610. The van der Waals surface area contributed by atoms with E-state index < -0.39 is 0 Å². The minimum atomic E-state index is 0.233. The van der Waals surface area contributed by atoms with Crippen LogP contribution < -0.4 is 5.73 Å². The molecule has 2 atom stereocenters. The Morgan fingerprint density at radius 3 is 2.74 bits per heavy atom. The van der Waals surface area contributed by atoms with E-state index in [-0.39, 0.29) is 6.04 Å². The number of rotatable bonds is 4. The molecule has 19 heavy (non-hydrogen) atoms. The molecule has 0 amide bonds. The highest BCUT2D eigenvalue weighted by atomic mass is 35.5. The van der Waals surface area contributed by atoms with Crippen molar-refractivity contribution in [2.45, 2.75) is 25.4 Å². The van der Waals surface area contributed by atoms with Crippen molar-refractivity contribution in [2.24, 2.45) is 5.73 Å². The Balaban J connectivity index is 2.16. The van der Waals surface area contributed by atoms with Crippen LogP contribution in [0.15, 0.2) is 24.3 Å². The predicted molar refractivity (Wildman–Crippen MR) is 81.5 cm³/mol. The SMILES string of the molecule is CCC1CN(C(CN)c2ccccc2Cl)CCN1C. The van der Waals surface area contributed by atoms with E-state index in [1.54, 1.807) is 0 Å². The van der Waals surface area contributed by atoms with Crippen LogP contribution in [-0.2, 0) is 0 Å². The number of halogens is 1. The molecule has 3 nitrogen and oxygen atoms in total. The Labute approximate surface area is 121 Å². The highest BCUT2D eigenvalue weighted by Gasteiger charge is 2.28. The fourth-order valence-corrected chi connectivity index (χ4v) is 3.17. The fraction of sp³-hybridized carbons (Fsp3) is 0.600. The summed E-state index contributed by atoms with van der Waals surface area (Å²) in [5.74, 6) is 0. The molecule has 1 heterocycles. The second kappa shape index (κ2) is 6.71. The number of nitrogens with two attached hydrogens (primary N) is 1. The summed E-state index contributed by atoms with van der Waals surface area (Å²) < 4.78 is 0. The number of nitrogens with zero attached hydrogens (tertiary/aromatic N) is 2. The van der Waals surface area contributed by atoms with Crippen LogP contribution in [0.5, 0.6) is 0 Å². The summed E-state index contributed by atoms with van der Waals surface area (Å²) in [6, 6.07) is 8.91. The molecule has 1 aromatic rings. The maximum Gasteiger partial charge on any atom is 0.0486 e. The zero-order valence-electron chi connectivity index (χ0n) is 11.8. The zero-order valence-corrected chi connectivity index (χ0v) is 12.6. The molecular formula is C15H24ClN3. The normalized spacial score (nSPS) is 23.5. The van der Waals surface area contributed by atoms with Crippen LogP contribution in [0.1, 0.15) is 24.9 Å². The van der Waals surface area contributed by atoms with Gasteiger partial charge in [0.15, 0.2) is 0 Å². The second-order valence-electron chi connectivity index (χ2n) is 5.31. The van der Waals surface area contributed by atoms with Crippen LogP contribution in [-0.4, -0.2) is 49.1 Å². The lowest BCUT2D eigenvalue weighted by atomic mass is 10.0. The first kappa shape index (κ1) is 14.8. The highest BCUT2D eigenvalue weighted by Crippen LogP contribution is 2.28. The van der Waals surface area contributed by atoms with Gasteiger partial charge in [-0.15, -0.1) is 0 Å². The Morgan fingerprint density at radius 2 is 2.11 bits per heavy atom. The van der Waals surface area contributed by atoms with Crippen molar-refractivity contribution in [1.29, 1.82) is 0 Å². The first-order chi connectivity index (χ1) is 9.17. The van der Waals surface area contributed by atoms with Gasteiger partial charge in [-0.3, -0.25) is 4.90 Å². The smallest absolute Gasteiger partial charge is 0.0486 e. The van der Waals surface area contributed by atoms with Crippen LogP contribution in [0.2, 0.25) is 5.02 Å². The van der Waals surface area contributed by atoms with E-state index in [0.717, 1.165) is 30.2 Å². The lowest BCUT2D eigenvalue weighted by molar-refractivity contribution is 0.0644. The van der Waals surface area contributed by atoms with E-state index in [2.05, 4.69) is 29.8 Å². The summed E-state index contributed by atoms with van der Waals surface area (Å²) in [7, 11) is 2.21. The molecule has 1 saturated heterocycles. The lowest BCUT2D eigenvalue weighted by Crippen LogP contribution is -2.53. The van der Waals surface area contributed by atoms with Crippen molar-refractivity contribution >= 4 is 11.6 Å². The van der Waals surface area contributed by atoms with Crippen molar-refractivity contribution < 1.29 is 0 Å². The first-order valence-corrected chi connectivity index (χ1v) is 7.44. The van der Waals surface area contributed by atoms with Gasteiger partial charge in [0.1, 0.15) is 0 Å². The summed E-state index contributed by atoms with van der Waals surface area (Å²) in [6.45, 7) is 6.08. The molecule has 2 N–H and O–H groups in total. The van der Waals surface area contributed by atoms with Crippen LogP contribution in [0.25, 0.3) is 0 Å². The maximum atomic E-state index is 6.32. The van der Waals surface area contributed by atoms with Gasteiger partial charge >= 0.3 is 0 Å². The third kappa shape index (κ3) is 3.29. The van der Waals surface area contributed by atoms with Gasteiger partial charge in [0.2, 0.25) is 0 Å². The minimum absolute atomic E-state index is 0.233. The van der Waals surface area contributed by atoms with Crippen LogP contribution in [0.3, 0.4) is 0 Å². The molecule has 0 aromatic heterocycles. The van der Waals surface area contributed by atoms with E-state index in [9.17, 15) is 0 Å². The van der Waals surface area contributed by atoms with Gasteiger partial charge in [-0.1, -0.05) is 36.7 Å². The van der Waals surface area contributed by atoms with E-state index >= 15 is 0 Å². The number of hydrogen-bond donors (Lipinski definition) is 1. The largest absolute Gasteiger partial charge is 0.329 e. The molecule has 4 heteroatoms. The molecule has 1 aromatic carbocycles. The average molecular weight is 282 g/mol. The quantitative estimate of drug-likeness (QED) is 0.920. The highest BCUT2D eigenvalue weighted by molar-refractivity contribution is 6.31. The fourth-order valence-electron chi connectivity index (χ4n) is 2.91. The molecule has 1 aliphatic rings. The zero-order chi connectivity index (χ0) is 13.8. The summed E-state index contributed by atoms with van der Waals surface area (Å²) >= 11 is 6.32. The van der Waals surface area contributed by atoms with Crippen LogP contribution in [0.4, 0.5) is 0 Å². The van der Waals surface area contributed by atoms with Gasteiger partial charge in [-0.25, -0.2) is 0 Å². The third-order valence-corrected chi connectivity index (χ3v) is 4.55. The Bertz CT molecular complexity index is 410. The van der Waals surface area contributed by atoms with Crippen molar-refractivity contribution in [3.63, 3.8) is 0 Å². The minimum Gasteiger partial charge on any atom is -0.329 e. The van der Waals surface area contributed by atoms with E-state index in [0.29, 0.717) is 12.6 Å². The van der Waals surface area contributed by atoms with E-state index in [1.807, 2.05) is 18.2 Å². The van der Waals surface area contributed by atoms with E-state index in [1.165, 1.54) is 6.42 Å². The van der Waals surface area contributed by atoms with Gasteiger partial charge < -0.3 is 10.6 Å². The second-order valence-corrected chi connectivity index (χ2v) is 5.72. The monoisotopic (exact) mass is 281 g/mol. The molecule has 1 fully saturated rings. The van der Waals surface area contributed by atoms with Gasteiger partial charge in [-0.05, 0) is 25.1 Å². The number of likely N-dealkylation sites (N-methyl/N-ethyl adjacent to an activating group) is 1. The lowest BCUT2D eigenvalue weighted by Gasteiger charge is -2.42. The molecule has 0 saturated carbocycles. The average Bonchev–Trinajstić information content (AvgIpc) is 2.43. The molecule has 2 unspecified atom stereocenters. The topological polar surface area (TPSA) is 32.5 Å². The van der Waals surface area contributed by atoms with Gasteiger partial charge in [-0.2, -0.15) is 0 Å². The summed E-state index contributed by atoms with van der Waals surface area (Å²) in [5.41, 5.74) is 7.17. The summed E-state index contributed by atoms with van der Waals surface area (Å²) in [6.07, 6.45) is 1.17. The molecule has 0 spiro atoms. The van der Waals surface area contributed by atoms with Gasteiger partial charge in [0, 0.05) is 43.3 Å². The van der Waals surface area contributed by atoms with Gasteiger partial charge in [0.05, 0.1) is 0 Å². The van der Waals surface area contributed by atoms with Crippen molar-refractivity contribution in [3.8, 4) is 0 Å². The summed E-state index contributed by atoms with van der Waals surface area (Å²) in [4.78, 5) is 4.92. The molecule has 0 bridgehead atoms. The van der Waals surface area contributed by atoms with Crippen LogP contribution in [0, 0.1) is 0 Å². The van der Waals surface area contributed by atoms with Gasteiger partial charge in [0.25, 0.3) is 0 Å². The molecular weight excluding hydrogens is 258 g/mol. The first-order valence-electron chi connectivity index (χ1n) is 7.06. The molecule has 0 radical (unpaired) electrons. The Kier molecular flexibility index (Phi) is 5.22. The number of piperazine rings is 1. The van der Waals surface area contributed by atoms with Crippen molar-refractivity contribution in [3.05, 3.63) is 34.9 Å². The molecule has 2 rings (SSSR count). The summed E-state index contributed by atoms with van der Waals surface area (Å²) in [5, 5.41) is 0.824. The molecule has 106 valence electrons. The third-order valence-electron chi connectivity index (χ3n) is 4.21. The van der Waals surface area contributed by atoms with Crippen LogP contribution >= 0.6 is 11.6 Å². The standard InChI is InChI=1S/C15H24ClN3/c1-3-12-11-19(9-8-18(12)2)15(10-17)13-6-4-5-7-14(13)16/h4-7,12,15H,3,8-11,17H2,1-2H3. The molecule has 1 aliphatic heterocycles.